The summed E-state index contributed by atoms with van der Waals surface area (Å²) < 4.78 is 5.03. The van der Waals surface area contributed by atoms with E-state index in [2.05, 4.69) is 14.8 Å². The molecule has 1 saturated heterocycles. The summed E-state index contributed by atoms with van der Waals surface area (Å²) in [5.74, 6) is -0.186. The minimum absolute atomic E-state index is 0.154. The molecule has 1 aromatic heterocycles. The molecule has 138 valence electrons. The highest BCUT2D eigenvalue weighted by molar-refractivity contribution is 5.89. The van der Waals surface area contributed by atoms with Gasteiger partial charge in [-0.3, -0.25) is 14.7 Å². The Balaban J connectivity index is 1.95. The van der Waals surface area contributed by atoms with Gasteiger partial charge in [0.25, 0.3) is 0 Å². The molecule has 0 atom stereocenters. The first-order valence-corrected chi connectivity index (χ1v) is 8.76. The number of carbonyl (C=O) groups is 2. The lowest BCUT2D eigenvalue weighted by Gasteiger charge is -2.23. The van der Waals surface area contributed by atoms with E-state index in [-0.39, 0.29) is 11.9 Å². The second-order valence-electron chi connectivity index (χ2n) is 6.50. The van der Waals surface area contributed by atoms with E-state index in [0.29, 0.717) is 25.3 Å². The Morgan fingerprint density at radius 3 is 2.88 bits per heavy atom. The zero-order chi connectivity index (χ0) is 18.2. The highest BCUT2D eigenvalue weighted by Gasteiger charge is 2.22. The maximum Gasteiger partial charge on any atom is 0.338 e. The highest BCUT2D eigenvalue weighted by Crippen LogP contribution is 2.11. The van der Waals surface area contributed by atoms with Crippen molar-refractivity contribution in [2.24, 2.45) is 0 Å². The van der Waals surface area contributed by atoms with E-state index in [1.54, 1.807) is 25.3 Å². The van der Waals surface area contributed by atoms with Crippen LogP contribution in [0.2, 0.25) is 0 Å². The maximum absolute atomic E-state index is 12.5. The van der Waals surface area contributed by atoms with Gasteiger partial charge in [0.05, 0.1) is 24.4 Å². The lowest BCUT2D eigenvalue weighted by Crippen LogP contribution is -2.40. The molecule has 2 rings (SSSR count). The number of hydrogen-bond donors (Lipinski definition) is 0. The van der Waals surface area contributed by atoms with Gasteiger partial charge in [-0.1, -0.05) is 0 Å². The summed E-state index contributed by atoms with van der Waals surface area (Å²) in [5.41, 5.74) is 1.28. The number of likely N-dealkylation sites (N-methyl/N-ethyl adjacent to an activating group) is 1. The summed E-state index contributed by atoms with van der Waals surface area (Å²) in [7, 11) is 4.02. The predicted octanol–water partition coefficient (Wildman–Crippen LogP) is 0.854. The normalized spacial score (nSPS) is 16.2. The Labute approximate surface area is 149 Å². The molecule has 1 amide bonds. The van der Waals surface area contributed by atoms with Crippen LogP contribution >= 0.6 is 0 Å². The summed E-state index contributed by atoms with van der Waals surface area (Å²) in [6, 6.07) is 3.40. The lowest BCUT2D eigenvalue weighted by atomic mass is 10.2. The Morgan fingerprint density at radius 2 is 2.16 bits per heavy atom. The Morgan fingerprint density at radius 1 is 1.36 bits per heavy atom. The second-order valence-corrected chi connectivity index (χ2v) is 6.50. The highest BCUT2D eigenvalue weighted by atomic mass is 16.5. The molecule has 0 aliphatic carbocycles. The average Bonchev–Trinajstić information content (AvgIpc) is 2.74. The molecule has 7 nitrogen and oxygen atoms in total. The molecule has 1 aliphatic rings. The van der Waals surface area contributed by atoms with Crippen LogP contribution < -0.4 is 0 Å². The number of nitrogens with zero attached hydrogens (tertiary/aromatic N) is 4. The van der Waals surface area contributed by atoms with Crippen LogP contribution in [0.25, 0.3) is 0 Å². The Kier molecular flexibility index (Phi) is 7.33. The van der Waals surface area contributed by atoms with E-state index < -0.39 is 0 Å². The standard InChI is InChI=1S/C18H28N4O3/c1-4-25-18(24)15-6-7-19-16(12-15)13-21-8-5-9-22(17(23)14-21)11-10-20(2)3/h6-7,12H,4-5,8-11,13-14H2,1-3H3. The number of aromatic nitrogens is 1. The van der Waals surface area contributed by atoms with Crippen LogP contribution in [-0.4, -0.2) is 85.0 Å². The van der Waals surface area contributed by atoms with Crippen LogP contribution in [0.3, 0.4) is 0 Å². The first-order chi connectivity index (χ1) is 12.0. The fourth-order valence-corrected chi connectivity index (χ4v) is 2.81. The number of rotatable bonds is 7. The van der Waals surface area contributed by atoms with Crippen molar-refractivity contribution in [2.75, 3.05) is 53.4 Å². The molecule has 1 fully saturated rings. The van der Waals surface area contributed by atoms with Crippen molar-refractivity contribution in [3.63, 3.8) is 0 Å². The SMILES string of the molecule is CCOC(=O)c1ccnc(CN2CCCN(CCN(C)C)C(=O)C2)c1. The fourth-order valence-electron chi connectivity index (χ4n) is 2.81. The maximum atomic E-state index is 12.5. The lowest BCUT2D eigenvalue weighted by molar-refractivity contribution is -0.131. The third-order valence-corrected chi connectivity index (χ3v) is 4.14. The molecular formula is C18H28N4O3. The Hall–Kier alpha value is -1.99. The van der Waals surface area contributed by atoms with Crippen LogP contribution in [0.1, 0.15) is 29.4 Å². The van der Waals surface area contributed by atoms with E-state index in [1.165, 1.54) is 0 Å². The number of ether oxygens (including phenoxy) is 1. The molecule has 0 aromatic carbocycles. The van der Waals surface area contributed by atoms with Gasteiger partial charge in [0, 0.05) is 38.9 Å². The molecule has 0 saturated carbocycles. The van der Waals surface area contributed by atoms with E-state index in [9.17, 15) is 9.59 Å². The molecular weight excluding hydrogens is 320 g/mol. The third-order valence-electron chi connectivity index (χ3n) is 4.14. The number of esters is 1. The topological polar surface area (TPSA) is 66.0 Å². The number of pyridine rings is 1. The van der Waals surface area contributed by atoms with Crippen LogP contribution in [0.15, 0.2) is 18.3 Å². The zero-order valence-corrected chi connectivity index (χ0v) is 15.4. The van der Waals surface area contributed by atoms with Gasteiger partial charge in [0.2, 0.25) is 5.91 Å². The van der Waals surface area contributed by atoms with Crippen LogP contribution in [0.5, 0.6) is 0 Å². The predicted molar refractivity (Wildman–Crippen MR) is 95.2 cm³/mol. The van der Waals surface area contributed by atoms with Gasteiger partial charge in [0.15, 0.2) is 0 Å². The molecule has 2 heterocycles. The zero-order valence-electron chi connectivity index (χ0n) is 15.4. The smallest absolute Gasteiger partial charge is 0.338 e. The number of carbonyl (C=O) groups excluding carboxylic acids is 2. The quantitative estimate of drug-likeness (QED) is 0.681. The van der Waals surface area contributed by atoms with Crippen LogP contribution in [0, 0.1) is 0 Å². The third kappa shape index (κ3) is 6.10. The van der Waals surface area contributed by atoms with Gasteiger partial charge >= 0.3 is 5.97 Å². The van der Waals surface area contributed by atoms with Crippen LogP contribution in [-0.2, 0) is 16.1 Å². The van der Waals surface area contributed by atoms with Crippen molar-refractivity contribution >= 4 is 11.9 Å². The molecule has 1 aromatic rings. The van der Waals surface area contributed by atoms with Crippen molar-refractivity contribution in [3.8, 4) is 0 Å². The molecule has 0 radical (unpaired) electrons. The molecule has 7 heteroatoms. The van der Waals surface area contributed by atoms with E-state index in [4.69, 9.17) is 4.74 Å². The molecule has 0 spiro atoms. The molecule has 25 heavy (non-hydrogen) atoms. The summed E-state index contributed by atoms with van der Waals surface area (Å²) in [6.07, 6.45) is 2.56. The summed E-state index contributed by atoms with van der Waals surface area (Å²) in [5, 5.41) is 0. The monoisotopic (exact) mass is 348 g/mol. The molecule has 0 bridgehead atoms. The van der Waals surface area contributed by atoms with Crippen molar-refractivity contribution in [2.45, 2.75) is 19.9 Å². The fraction of sp³-hybridized carbons (Fsp3) is 0.611. The largest absolute Gasteiger partial charge is 0.462 e. The molecule has 0 unspecified atom stereocenters. The van der Waals surface area contributed by atoms with Gasteiger partial charge in [-0.25, -0.2) is 4.79 Å². The van der Waals surface area contributed by atoms with Gasteiger partial charge in [-0.2, -0.15) is 0 Å². The average molecular weight is 348 g/mol. The van der Waals surface area contributed by atoms with Gasteiger partial charge in [-0.05, 0) is 39.6 Å². The minimum Gasteiger partial charge on any atom is -0.462 e. The first-order valence-electron chi connectivity index (χ1n) is 8.76. The van der Waals surface area contributed by atoms with Gasteiger partial charge in [-0.15, -0.1) is 0 Å². The molecule has 1 aliphatic heterocycles. The van der Waals surface area contributed by atoms with Crippen molar-refractivity contribution in [1.82, 2.24) is 19.7 Å². The van der Waals surface area contributed by atoms with Crippen molar-refractivity contribution < 1.29 is 14.3 Å². The van der Waals surface area contributed by atoms with Crippen molar-refractivity contribution in [1.29, 1.82) is 0 Å². The van der Waals surface area contributed by atoms with E-state index in [0.717, 1.165) is 38.3 Å². The molecule has 0 N–H and O–H groups in total. The van der Waals surface area contributed by atoms with E-state index >= 15 is 0 Å². The first kappa shape index (κ1) is 19.3. The number of hydrogen-bond acceptors (Lipinski definition) is 6. The Bertz CT molecular complexity index is 591. The summed E-state index contributed by atoms with van der Waals surface area (Å²) in [4.78, 5) is 34.7. The number of amides is 1. The van der Waals surface area contributed by atoms with Gasteiger partial charge < -0.3 is 14.5 Å². The van der Waals surface area contributed by atoms with Crippen molar-refractivity contribution in [3.05, 3.63) is 29.6 Å². The van der Waals surface area contributed by atoms with E-state index in [1.807, 2.05) is 19.0 Å². The van der Waals surface area contributed by atoms with Crippen LogP contribution in [0.4, 0.5) is 0 Å². The minimum atomic E-state index is -0.340. The second kappa shape index (κ2) is 9.48. The summed E-state index contributed by atoms with van der Waals surface area (Å²) >= 11 is 0. The summed E-state index contributed by atoms with van der Waals surface area (Å²) in [6.45, 7) is 6.34. The van der Waals surface area contributed by atoms with Gasteiger partial charge in [0.1, 0.15) is 0 Å².